The molecule has 1 atom stereocenters. The van der Waals surface area contributed by atoms with Crippen LogP contribution in [0.4, 0.5) is 0 Å². The Hall–Kier alpha value is 0.1000. The van der Waals surface area contributed by atoms with E-state index in [1.807, 2.05) is 13.0 Å². The van der Waals surface area contributed by atoms with Gasteiger partial charge in [0.05, 0.1) is 10.4 Å². The Morgan fingerprint density at radius 1 is 1.62 bits per heavy atom. The number of hydrogen-bond donors (Lipinski definition) is 1. The minimum Gasteiger partial charge on any atom is -0.380 e. The maximum atomic E-state index is 5.87. The highest BCUT2D eigenvalue weighted by Crippen LogP contribution is 2.22. The lowest BCUT2D eigenvalue weighted by atomic mass is 10.2. The molecule has 1 heterocycles. The van der Waals surface area contributed by atoms with Crippen molar-refractivity contribution < 1.29 is 4.74 Å². The number of hydrogen-bond acceptors (Lipinski definition) is 3. The Morgan fingerprint density at radius 2 is 2.38 bits per heavy atom. The summed E-state index contributed by atoms with van der Waals surface area (Å²) in [6.45, 7) is 3.36. The fraction of sp³-hybridized carbons (Fsp3) is 0.556. The highest BCUT2D eigenvalue weighted by Gasteiger charge is 2.05. The Labute approximate surface area is 91.2 Å². The predicted molar refractivity (Wildman–Crippen MR) is 60.2 cm³/mol. The van der Waals surface area contributed by atoms with E-state index in [1.165, 1.54) is 4.88 Å². The van der Waals surface area contributed by atoms with Crippen LogP contribution in [0.2, 0.25) is 0 Å². The monoisotopic (exact) mass is 263 g/mol. The molecule has 0 amide bonds. The van der Waals surface area contributed by atoms with Crippen LogP contribution in [-0.2, 0) is 11.2 Å². The number of halogens is 1. The molecule has 0 spiro atoms. The van der Waals surface area contributed by atoms with E-state index in [4.69, 9.17) is 10.5 Å². The van der Waals surface area contributed by atoms with Crippen molar-refractivity contribution in [3.05, 3.63) is 20.8 Å². The highest BCUT2D eigenvalue weighted by atomic mass is 79.9. The van der Waals surface area contributed by atoms with E-state index in [9.17, 15) is 0 Å². The summed E-state index contributed by atoms with van der Waals surface area (Å²) in [6, 6.07) is 4.26. The van der Waals surface area contributed by atoms with E-state index in [1.54, 1.807) is 11.3 Å². The molecule has 1 aromatic rings. The molecular weight excluding hydrogens is 250 g/mol. The molecule has 4 heteroatoms. The quantitative estimate of drug-likeness (QED) is 0.886. The zero-order valence-electron chi connectivity index (χ0n) is 7.63. The third kappa shape index (κ3) is 4.22. The van der Waals surface area contributed by atoms with Gasteiger partial charge in [-0.05, 0) is 41.4 Å². The van der Waals surface area contributed by atoms with Crippen molar-refractivity contribution in [3.8, 4) is 0 Å². The molecule has 0 aliphatic rings. The van der Waals surface area contributed by atoms with Crippen molar-refractivity contribution >= 4 is 27.3 Å². The fourth-order valence-corrected chi connectivity index (χ4v) is 2.62. The van der Waals surface area contributed by atoms with Gasteiger partial charge in [-0.15, -0.1) is 11.3 Å². The molecule has 13 heavy (non-hydrogen) atoms. The van der Waals surface area contributed by atoms with Crippen molar-refractivity contribution in [3.63, 3.8) is 0 Å². The molecule has 0 radical (unpaired) electrons. The van der Waals surface area contributed by atoms with E-state index in [-0.39, 0.29) is 6.04 Å². The molecule has 0 saturated carbocycles. The maximum absolute atomic E-state index is 5.87. The van der Waals surface area contributed by atoms with Crippen LogP contribution in [-0.4, -0.2) is 19.3 Å². The summed E-state index contributed by atoms with van der Waals surface area (Å²) < 4.78 is 6.40. The largest absolute Gasteiger partial charge is 0.380 e. The van der Waals surface area contributed by atoms with Crippen LogP contribution in [0.1, 0.15) is 11.8 Å². The lowest BCUT2D eigenvalue weighted by Gasteiger charge is -2.09. The summed E-state index contributed by atoms with van der Waals surface area (Å²) in [7, 11) is 0. The van der Waals surface area contributed by atoms with Crippen molar-refractivity contribution in [1.29, 1.82) is 0 Å². The molecule has 1 unspecified atom stereocenters. The minimum atomic E-state index is 0.116. The first-order valence-corrected chi connectivity index (χ1v) is 5.91. The second kappa shape index (κ2) is 5.75. The van der Waals surface area contributed by atoms with Gasteiger partial charge < -0.3 is 10.5 Å². The van der Waals surface area contributed by atoms with E-state index in [2.05, 4.69) is 22.0 Å². The zero-order valence-corrected chi connectivity index (χ0v) is 10.0. The van der Waals surface area contributed by atoms with Gasteiger partial charge in [-0.25, -0.2) is 0 Å². The van der Waals surface area contributed by atoms with Crippen molar-refractivity contribution in [2.75, 3.05) is 13.2 Å². The van der Waals surface area contributed by atoms with Gasteiger partial charge in [0.25, 0.3) is 0 Å². The average Bonchev–Trinajstić information content (AvgIpc) is 2.48. The normalized spacial score (nSPS) is 13.2. The van der Waals surface area contributed by atoms with Crippen LogP contribution in [0.5, 0.6) is 0 Å². The van der Waals surface area contributed by atoms with E-state index in [0.29, 0.717) is 6.61 Å². The van der Waals surface area contributed by atoms with Crippen LogP contribution in [0, 0.1) is 0 Å². The van der Waals surface area contributed by atoms with Crippen molar-refractivity contribution in [2.45, 2.75) is 19.4 Å². The molecule has 1 rings (SSSR count). The molecule has 0 aromatic carbocycles. The lowest BCUT2D eigenvalue weighted by Crippen LogP contribution is -2.28. The third-order valence-corrected chi connectivity index (χ3v) is 3.27. The first-order chi connectivity index (χ1) is 6.22. The second-order valence-corrected chi connectivity index (χ2v) is 5.38. The fourth-order valence-electron chi connectivity index (χ4n) is 1.05. The summed E-state index contributed by atoms with van der Waals surface area (Å²) in [5.41, 5.74) is 5.87. The number of thiophene rings is 1. The van der Waals surface area contributed by atoms with Gasteiger partial charge in [-0.1, -0.05) is 0 Å². The van der Waals surface area contributed by atoms with Gasteiger partial charge in [0.15, 0.2) is 0 Å². The molecule has 1 aromatic heterocycles. The number of nitrogens with two attached hydrogens (primary N) is 1. The Morgan fingerprint density at radius 3 is 2.92 bits per heavy atom. The van der Waals surface area contributed by atoms with Crippen LogP contribution in [0.15, 0.2) is 15.9 Å². The van der Waals surface area contributed by atoms with Gasteiger partial charge in [-0.2, -0.15) is 0 Å². The topological polar surface area (TPSA) is 35.2 Å². The summed E-state index contributed by atoms with van der Waals surface area (Å²) in [6.07, 6.45) is 0.899. The molecule has 74 valence electrons. The summed E-state index contributed by atoms with van der Waals surface area (Å²) >= 11 is 5.15. The third-order valence-electron chi connectivity index (χ3n) is 1.63. The maximum Gasteiger partial charge on any atom is 0.0701 e. The summed E-state index contributed by atoms with van der Waals surface area (Å²) in [4.78, 5) is 1.30. The summed E-state index contributed by atoms with van der Waals surface area (Å²) in [5, 5.41) is 0. The number of rotatable bonds is 5. The van der Waals surface area contributed by atoms with Crippen LogP contribution < -0.4 is 5.73 Å². The molecule has 0 bridgehead atoms. The van der Waals surface area contributed by atoms with Gasteiger partial charge in [-0.3, -0.25) is 0 Å². The Kier molecular flexibility index (Phi) is 4.94. The first kappa shape index (κ1) is 11.2. The predicted octanol–water partition coefficient (Wildman–Crippen LogP) is 2.42. The standard InChI is InChI=1S/C9H14BrNOS/c1-2-12-6-7(11)5-8-3-4-9(10)13-8/h3-4,7H,2,5-6,11H2,1H3. The van der Waals surface area contributed by atoms with Crippen molar-refractivity contribution in [2.24, 2.45) is 5.73 Å². The summed E-state index contributed by atoms with van der Waals surface area (Å²) in [5.74, 6) is 0. The Balaban J connectivity index is 2.31. The van der Waals surface area contributed by atoms with Crippen LogP contribution >= 0.6 is 27.3 Å². The average molecular weight is 264 g/mol. The van der Waals surface area contributed by atoms with Crippen molar-refractivity contribution in [1.82, 2.24) is 0 Å². The molecule has 2 nitrogen and oxygen atoms in total. The van der Waals surface area contributed by atoms with E-state index < -0.39 is 0 Å². The molecule has 0 aliphatic heterocycles. The molecule has 0 aliphatic carbocycles. The van der Waals surface area contributed by atoms with Crippen LogP contribution in [0.3, 0.4) is 0 Å². The minimum absolute atomic E-state index is 0.116. The van der Waals surface area contributed by atoms with Gasteiger partial charge >= 0.3 is 0 Å². The lowest BCUT2D eigenvalue weighted by molar-refractivity contribution is 0.133. The van der Waals surface area contributed by atoms with Gasteiger partial charge in [0, 0.05) is 17.5 Å². The van der Waals surface area contributed by atoms with Crippen LogP contribution in [0.25, 0.3) is 0 Å². The van der Waals surface area contributed by atoms with Gasteiger partial charge in [0.1, 0.15) is 0 Å². The number of ether oxygens (including phenoxy) is 1. The highest BCUT2D eigenvalue weighted by molar-refractivity contribution is 9.11. The smallest absolute Gasteiger partial charge is 0.0701 e. The molecule has 0 saturated heterocycles. The zero-order chi connectivity index (χ0) is 9.68. The molecule has 0 fully saturated rings. The molecular formula is C9H14BrNOS. The van der Waals surface area contributed by atoms with Gasteiger partial charge in [0.2, 0.25) is 0 Å². The van der Waals surface area contributed by atoms with E-state index in [0.717, 1.165) is 16.8 Å². The van der Waals surface area contributed by atoms with E-state index >= 15 is 0 Å². The second-order valence-electron chi connectivity index (χ2n) is 2.83. The molecule has 2 N–H and O–H groups in total. The first-order valence-electron chi connectivity index (χ1n) is 4.30. The SMILES string of the molecule is CCOCC(N)Cc1ccc(Br)s1. The Bertz CT molecular complexity index is 252.